The second-order valence-corrected chi connectivity index (χ2v) is 9.92. The van der Waals surface area contributed by atoms with Crippen molar-refractivity contribution in [2.45, 2.75) is 129 Å². The number of unbranched alkanes of at least 4 members (excludes halogenated alkanes) is 13. The van der Waals surface area contributed by atoms with E-state index in [1.807, 2.05) is 0 Å². The highest BCUT2D eigenvalue weighted by Gasteiger charge is 2.22. The Hall–Kier alpha value is -0.950. The third kappa shape index (κ3) is 24.0. The summed E-state index contributed by atoms with van der Waals surface area (Å²) < 4.78 is 25.8. The minimum Gasteiger partial charge on any atom is -0.462 e. The van der Waals surface area contributed by atoms with E-state index in [-0.39, 0.29) is 19.4 Å². The molecular weight excluding hydrogens is 447 g/mol. The molecule has 0 spiro atoms. The normalized spacial score (nSPS) is 12.5. The minimum atomic E-state index is -4.72. The van der Waals surface area contributed by atoms with Gasteiger partial charge in [0.15, 0.2) is 6.10 Å². The fourth-order valence-corrected chi connectivity index (χ4v) is 3.79. The van der Waals surface area contributed by atoms with Gasteiger partial charge in [-0.15, -0.1) is 0 Å². The second-order valence-electron chi connectivity index (χ2n) is 8.68. The molecule has 0 aromatic carbocycles. The number of carbonyl (C=O) groups is 2. The number of phosphoric ester groups is 1. The van der Waals surface area contributed by atoms with Gasteiger partial charge in [0.25, 0.3) is 0 Å². The average molecular weight is 495 g/mol. The predicted molar refractivity (Wildman–Crippen MR) is 129 cm³/mol. The Bertz CT molecular complexity index is 535. The van der Waals surface area contributed by atoms with Crippen LogP contribution in [0.1, 0.15) is 123 Å². The van der Waals surface area contributed by atoms with Gasteiger partial charge in [-0.1, -0.05) is 97.3 Å². The summed E-state index contributed by atoms with van der Waals surface area (Å²) in [4.78, 5) is 41.9. The van der Waals surface area contributed by atoms with Crippen LogP contribution in [0.2, 0.25) is 0 Å². The molecule has 9 heteroatoms. The number of rotatable bonds is 23. The van der Waals surface area contributed by atoms with Gasteiger partial charge in [0, 0.05) is 12.8 Å². The molecule has 1 unspecified atom stereocenters. The van der Waals surface area contributed by atoms with E-state index in [1.165, 1.54) is 38.5 Å². The van der Waals surface area contributed by atoms with Crippen LogP contribution in [0.4, 0.5) is 0 Å². The van der Waals surface area contributed by atoms with Gasteiger partial charge in [0.1, 0.15) is 6.61 Å². The van der Waals surface area contributed by atoms with E-state index in [0.717, 1.165) is 51.4 Å². The van der Waals surface area contributed by atoms with Crippen LogP contribution in [0.5, 0.6) is 0 Å². The molecule has 33 heavy (non-hydrogen) atoms. The number of phosphoric acid groups is 1. The Balaban J connectivity index is 4.14. The van der Waals surface area contributed by atoms with Gasteiger partial charge < -0.3 is 19.3 Å². The molecule has 8 nitrogen and oxygen atoms in total. The van der Waals surface area contributed by atoms with Crippen LogP contribution in [0.15, 0.2) is 0 Å². The highest BCUT2D eigenvalue weighted by Crippen LogP contribution is 2.35. The number of hydrogen-bond acceptors (Lipinski definition) is 6. The lowest BCUT2D eigenvalue weighted by Gasteiger charge is -2.18. The van der Waals surface area contributed by atoms with Crippen LogP contribution in [-0.4, -0.2) is 41.0 Å². The van der Waals surface area contributed by atoms with Crippen molar-refractivity contribution in [1.29, 1.82) is 0 Å². The molecule has 0 saturated carbocycles. The highest BCUT2D eigenvalue weighted by molar-refractivity contribution is 7.46. The molecule has 1 atom stereocenters. The Morgan fingerprint density at radius 1 is 0.667 bits per heavy atom. The molecule has 0 heterocycles. The second kappa shape index (κ2) is 21.6. The van der Waals surface area contributed by atoms with Crippen LogP contribution in [0.25, 0.3) is 0 Å². The third-order valence-electron chi connectivity index (χ3n) is 5.38. The molecule has 0 aliphatic rings. The van der Waals surface area contributed by atoms with E-state index in [9.17, 15) is 14.2 Å². The lowest BCUT2D eigenvalue weighted by atomic mass is 10.1. The molecule has 0 aliphatic carbocycles. The maximum absolute atomic E-state index is 12.1. The Morgan fingerprint density at radius 3 is 1.55 bits per heavy atom. The van der Waals surface area contributed by atoms with Gasteiger partial charge >= 0.3 is 19.8 Å². The van der Waals surface area contributed by atoms with Crippen molar-refractivity contribution in [1.82, 2.24) is 0 Å². The lowest BCUT2D eigenvalue weighted by molar-refractivity contribution is -0.161. The SMILES string of the molecule is CCCCCCCCCCCC(=O)OC(COC(=O)CCCCCCCC)COP(=O)(O)O. The maximum atomic E-state index is 12.1. The molecule has 196 valence electrons. The van der Waals surface area contributed by atoms with Crippen molar-refractivity contribution >= 4 is 19.8 Å². The van der Waals surface area contributed by atoms with E-state index in [4.69, 9.17) is 19.3 Å². The van der Waals surface area contributed by atoms with Crippen LogP contribution < -0.4 is 0 Å². The van der Waals surface area contributed by atoms with E-state index >= 15 is 0 Å². The van der Waals surface area contributed by atoms with Crippen molar-refractivity contribution in [3.8, 4) is 0 Å². The van der Waals surface area contributed by atoms with Crippen LogP contribution >= 0.6 is 7.82 Å². The number of hydrogen-bond donors (Lipinski definition) is 2. The summed E-state index contributed by atoms with van der Waals surface area (Å²) in [5.74, 6) is -0.897. The monoisotopic (exact) mass is 494 g/mol. The molecule has 0 radical (unpaired) electrons. The van der Waals surface area contributed by atoms with Crippen molar-refractivity contribution in [3.05, 3.63) is 0 Å². The maximum Gasteiger partial charge on any atom is 0.469 e. The Morgan fingerprint density at radius 2 is 1.09 bits per heavy atom. The van der Waals surface area contributed by atoms with E-state index in [2.05, 4.69) is 18.4 Å². The number of carbonyl (C=O) groups excluding carboxylic acids is 2. The first kappa shape index (κ1) is 32.0. The summed E-state index contributed by atoms with van der Waals surface area (Å²) in [6.07, 6.45) is 15.8. The van der Waals surface area contributed by atoms with Crippen molar-refractivity contribution < 1.29 is 37.9 Å². The van der Waals surface area contributed by atoms with Gasteiger partial charge in [0.05, 0.1) is 6.61 Å². The van der Waals surface area contributed by atoms with E-state index in [0.29, 0.717) is 6.42 Å². The largest absolute Gasteiger partial charge is 0.469 e. The molecule has 0 aliphatic heterocycles. The van der Waals surface area contributed by atoms with Crippen LogP contribution in [-0.2, 0) is 28.2 Å². The molecule has 0 bridgehead atoms. The molecule has 0 fully saturated rings. The fourth-order valence-electron chi connectivity index (χ4n) is 3.43. The molecule has 0 amide bonds. The fraction of sp³-hybridized carbons (Fsp3) is 0.917. The average Bonchev–Trinajstić information content (AvgIpc) is 2.76. The lowest BCUT2D eigenvalue weighted by Crippen LogP contribution is -2.29. The molecule has 0 rings (SSSR count). The topological polar surface area (TPSA) is 119 Å². The van der Waals surface area contributed by atoms with Crippen molar-refractivity contribution in [2.24, 2.45) is 0 Å². The smallest absolute Gasteiger partial charge is 0.462 e. The van der Waals surface area contributed by atoms with Crippen LogP contribution in [0, 0.1) is 0 Å². The zero-order valence-corrected chi connectivity index (χ0v) is 21.7. The summed E-state index contributed by atoms with van der Waals surface area (Å²) in [5, 5.41) is 0. The third-order valence-corrected chi connectivity index (χ3v) is 5.86. The summed E-state index contributed by atoms with van der Waals surface area (Å²) in [6.45, 7) is 3.53. The van der Waals surface area contributed by atoms with Gasteiger partial charge in [0.2, 0.25) is 0 Å². The predicted octanol–water partition coefficient (Wildman–Crippen LogP) is 6.22. The number of ether oxygens (including phenoxy) is 2. The van der Waals surface area contributed by atoms with Crippen molar-refractivity contribution in [2.75, 3.05) is 13.2 Å². The summed E-state index contributed by atoms with van der Waals surface area (Å²) in [7, 11) is -4.72. The number of esters is 2. The Labute approximate surface area is 200 Å². The summed E-state index contributed by atoms with van der Waals surface area (Å²) in [6, 6.07) is 0. The van der Waals surface area contributed by atoms with Gasteiger partial charge in [-0.25, -0.2) is 4.57 Å². The first-order valence-corrected chi connectivity index (χ1v) is 14.4. The standard InChI is InChI=1S/C24H47O8P/c1-3-5-7-9-11-12-13-15-17-19-24(26)32-22(21-31-33(27,28)29)20-30-23(25)18-16-14-10-8-6-4-2/h22H,3-21H2,1-2H3,(H2,27,28,29). The zero-order valence-electron chi connectivity index (χ0n) is 20.8. The molecular formula is C24H47O8P. The first-order valence-electron chi connectivity index (χ1n) is 12.8. The van der Waals surface area contributed by atoms with Gasteiger partial charge in [-0.05, 0) is 12.8 Å². The molecule has 2 N–H and O–H groups in total. The summed E-state index contributed by atoms with van der Waals surface area (Å²) in [5.41, 5.74) is 0. The quantitative estimate of drug-likeness (QED) is 0.0975. The highest BCUT2D eigenvalue weighted by atomic mass is 31.2. The van der Waals surface area contributed by atoms with Crippen molar-refractivity contribution in [3.63, 3.8) is 0 Å². The summed E-state index contributed by atoms with van der Waals surface area (Å²) >= 11 is 0. The van der Waals surface area contributed by atoms with Crippen LogP contribution in [0.3, 0.4) is 0 Å². The first-order chi connectivity index (χ1) is 15.8. The van der Waals surface area contributed by atoms with Gasteiger partial charge in [-0.2, -0.15) is 0 Å². The molecule has 0 aromatic heterocycles. The Kier molecular flexibility index (Phi) is 21.0. The van der Waals surface area contributed by atoms with Gasteiger partial charge in [-0.3, -0.25) is 14.1 Å². The minimum absolute atomic E-state index is 0.216. The van der Waals surface area contributed by atoms with E-state index in [1.54, 1.807) is 0 Å². The van der Waals surface area contributed by atoms with E-state index < -0.39 is 32.5 Å². The molecule has 0 aromatic rings. The molecule has 0 saturated heterocycles. The zero-order chi connectivity index (χ0) is 24.8.